The van der Waals surface area contributed by atoms with Gasteiger partial charge in [-0.25, -0.2) is 4.98 Å². The van der Waals surface area contributed by atoms with Crippen LogP contribution in [0.3, 0.4) is 0 Å². The number of nitrogens with one attached hydrogen (secondary N) is 1. The van der Waals surface area contributed by atoms with Gasteiger partial charge in [-0.1, -0.05) is 32.8 Å². The van der Waals surface area contributed by atoms with E-state index in [2.05, 4.69) is 16.4 Å². The Hall–Kier alpha value is -2.09. The van der Waals surface area contributed by atoms with Crippen LogP contribution in [-0.2, 0) is 11.3 Å². The van der Waals surface area contributed by atoms with Crippen molar-refractivity contribution in [2.24, 2.45) is 5.41 Å². The minimum absolute atomic E-state index is 0.190. The Morgan fingerprint density at radius 3 is 2.48 bits per heavy atom. The molecule has 0 aliphatic rings. The number of ether oxygens (including phenoxy) is 1. The number of carbonyl (C=O) groups is 1. The number of aromatic nitrogens is 1. The molecule has 0 aliphatic carbocycles. The van der Waals surface area contributed by atoms with Gasteiger partial charge >= 0.3 is 0 Å². The van der Waals surface area contributed by atoms with E-state index in [-0.39, 0.29) is 5.91 Å². The molecule has 1 aromatic heterocycles. The quantitative estimate of drug-likeness (QED) is 0.798. The first-order valence-corrected chi connectivity index (χ1v) is 7.30. The average Bonchev–Trinajstić information content (AvgIpc) is 2.52. The number of nitriles is 1. The molecule has 5 nitrogen and oxygen atoms in total. The van der Waals surface area contributed by atoms with Gasteiger partial charge in [-0.2, -0.15) is 5.26 Å². The third-order valence-electron chi connectivity index (χ3n) is 3.46. The molecule has 5 heteroatoms. The van der Waals surface area contributed by atoms with Gasteiger partial charge in [0.05, 0.1) is 13.2 Å². The van der Waals surface area contributed by atoms with Gasteiger partial charge in [0.15, 0.2) is 0 Å². The summed E-state index contributed by atoms with van der Waals surface area (Å²) >= 11 is 0. The van der Waals surface area contributed by atoms with Crippen molar-refractivity contribution in [1.82, 2.24) is 10.3 Å². The summed E-state index contributed by atoms with van der Waals surface area (Å²) in [5, 5.41) is 12.3. The van der Waals surface area contributed by atoms with E-state index in [4.69, 9.17) is 4.74 Å². The van der Waals surface area contributed by atoms with Crippen LogP contribution in [0, 0.1) is 16.7 Å². The first kappa shape index (κ1) is 17.0. The van der Waals surface area contributed by atoms with Crippen LogP contribution >= 0.6 is 0 Å². The summed E-state index contributed by atoms with van der Waals surface area (Å²) in [6.07, 6.45) is 4.46. The Kier molecular flexibility index (Phi) is 6.67. The predicted molar refractivity (Wildman–Crippen MR) is 80.5 cm³/mol. The molecule has 21 heavy (non-hydrogen) atoms. The van der Waals surface area contributed by atoms with Gasteiger partial charge in [0, 0.05) is 18.8 Å². The molecule has 1 rings (SSSR count). The second kappa shape index (κ2) is 8.25. The maximum Gasteiger partial charge on any atom is 0.240 e. The normalized spacial score (nSPS) is 10.8. The highest BCUT2D eigenvalue weighted by Gasteiger charge is 2.36. The van der Waals surface area contributed by atoms with Crippen molar-refractivity contribution >= 4 is 5.91 Å². The van der Waals surface area contributed by atoms with E-state index in [0.29, 0.717) is 25.3 Å². The third-order valence-corrected chi connectivity index (χ3v) is 3.46. The van der Waals surface area contributed by atoms with Gasteiger partial charge in [0.2, 0.25) is 11.8 Å². The van der Waals surface area contributed by atoms with Crippen LogP contribution in [0.4, 0.5) is 0 Å². The lowest BCUT2D eigenvalue weighted by atomic mass is 9.80. The molecule has 114 valence electrons. The second-order valence-corrected chi connectivity index (χ2v) is 5.09. The number of amides is 1. The number of nitrogens with zero attached hydrogens (tertiary/aromatic N) is 2. The molecule has 1 N–H and O–H groups in total. The van der Waals surface area contributed by atoms with Crippen molar-refractivity contribution in [1.29, 1.82) is 5.26 Å². The zero-order chi connectivity index (χ0) is 15.7. The zero-order valence-electron chi connectivity index (χ0n) is 13.0. The van der Waals surface area contributed by atoms with Crippen LogP contribution in [0.5, 0.6) is 5.88 Å². The molecule has 0 bridgehead atoms. The maximum absolute atomic E-state index is 12.4. The number of hydrogen-bond acceptors (Lipinski definition) is 4. The van der Waals surface area contributed by atoms with Crippen molar-refractivity contribution in [3.63, 3.8) is 0 Å². The molecular formula is C16H23N3O2. The van der Waals surface area contributed by atoms with Gasteiger partial charge in [0.25, 0.3) is 0 Å². The van der Waals surface area contributed by atoms with E-state index in [9.17, 15) is 10.1 Å². The summed E-state index contributed by atoms with van der Waals surface area (Å²) < 4.78 is 4.99. The molecule has 0 fully saturated rings. The summed E-state index contributed by atoms with van der Waals surface area (Å²) in [7, 11) is 1.56. The fourth-order valence-electron chi connectivity index (χ4n) is 2.36. The highest BCUT2D eigenvalue weighted by atomic mass is 16.5. The summed E-state index contributed by atoms with van der Waals surface area (Å²) in [5.74, 6) is 0.345. The van der Waals surface area contributed by atoms with Gasteiger partial charge in [-0.3, -0.25) is 4.79 Å². The molecule has 0 saturated carbocycles. The highest BCUT2D eigenvalue weighted by molar-refractivity contribution is 5.85. The summed E-state index contributed by atoms with van der Waals surface area (Å²) in [6.45, 7) is 4.34. The van der Waals surface area contributed by atoms with Crippen LogP contribution in [0.2, 0.25) is 0 Å². The third kappa shape index (κ3) is 4.45. The maximum atomic E-state index is 12.4. The Morgan fingerprint density at radius 2 is 2.05 bits per heavy atom. The Labute approximate surface area is 126 Å². The number of methoxy groups -OCH3 is 1. The average molecular weight is 289 g/mol. The minimum Gasteiger partial charge on any atom is -0.481 e. The van der Waals surface area contributed by atoms with Gasteiger partial charge < -0.3 is 10.1 Å². The smallest absolute Gasteiger partial charge is 0.240 e. The Bertz CT molecular complexity index is 485. The fraction of sp³-hybridized carbons (Fsp3) is 0.562. The minimum atomic E-state index is -0.913. The van der Waals surface area contributed by atoms with Crippen molar-refractivity contribution in [3.8, 4) is 11.9 Å². The van der Waals surface area contributed by atoms with Crippen LogP contribution in [0.25, 0.3) is 0 Å². The molecule has 0 radical (unpaired) electrons. The molecule has 0 unspecified atom stereocenters. The molecule has 1 aromatic rings. The molecule has 0 atom stereocenters. The van der Waals surface area contributed by atoms with E-state index in [1.165, 1.54) is 0 Å². The summed E-state index contributed by atoms with van der Waals surface area (Å²) in [4.78, 5) is 16.5. The lowest BCUT2D eigenvalue weighted by Crippen LogP contribution is -2.39. The number of carbonyl (C=O) groups excluding carboxylic acids is 1. The van der Waals surface area contributed by atoms with Gasteiger partial charge in [0.1, 0.15) is 5.41 Å². The zero-order valence-corrected chi connectivity index (χ0v) is 13.0. The Balaban J connectivity index is 2.70. The summed E-state index contributed by atoms with van der Waals surface area (Å²) in [5.41, 5.74) is -0.0346. The number of rotatable bonds is 8. The lowest BCUT2D eigenvalue weighted by Gasteiger charge is -2.24. The summed E-state index contributed by atoms with van der Waals surface area (Å²) in [6, 6.07) is 5.82. The van der Waals surface area contributed by atoms with E-state index in [0.717, 1.165) is 18.4 Å². The van der Waals surface area contributed by atoms with Crippen molar-refractivity contribution in [3.05, 3.63) is 23.9 Å². The first-order valence-electron chi connectivity index (χ1n) is 7.30. The van der Waals surface area contributed by atoms with E-state index >= 15 is 0 Å². The van der Waals surface area contributed by atoms with Crippen LogP contribution in [0.15, 0.2) is 18.3 Å². The highest BCUT2D eigenvalue weighted by Crippen LogP contribution is 2.29. The predicted octanol–water partition coefficient (Wildman–Crippen LogP) is 2.82. The Morgan fingerprint density at radius 1 is 1.38 bits per heavy atom. The van der Waals surface area contributed by atoms with Gasteiger partial charge in [-0.15, -0.1) is 0 Å². The first-order chi connectivity index (χ1) is 10.1. The fourth-order valence-corrected chi connectivity index (χ4v) is 2.36. The van der Waals surface area contributed by atoms with Crippen molar-refractivity contribution in [2.75, 3.05) is 7.11 Å². The second-order valence-electron chi connectivity index (χ2n) is 5.09. The molecular weight excluding hydrogens is 266 g/mol. The number of pyridine rings is 1. The largest absolute Gasteiger partial charge is 0.481 e. The van der Waals surface area contributed by atoms with E-state index < -0.39 is 5.41 Å². The monoisotopic (exact) mass is 289 g/mol. The van der Waals surface area contributed by atoms with Crippen LogP contribution < -0.4 is 10.1 Å². The molecule has 1 heterocycles. The molecule has 0 spiro atoms. The van der Waals surface area contributed by atoms with Crippen LogP contribution in [-0.4, -0.2) is 18.0 Å². The number of hydrogen-bond donors (Lipinski definition) is 1. The standard InChI is InChI=1S/C16H23N3O2/c1-4-8-16(12-17,9-5-2)15(20)19-11-13-6-7-14(21-3)18-10-13/h6-7,10H,4-5,8-9,11H2,1-3H3,(H,19,20). The van der Waals surface area contributed by atoms with Gasteiger partial charge in [-0.05, 0) is 18.4 Å². The van der Waals surface area contributed by atoms with E-state index in [1.807, 2.05) is 19.9 Å². The SMILES string of the molecule is CCCC(C#N)(CCC)C(=O)NCc1ccc(OC)nc1. The van der Waals surface area contributed by atoms with Crippen molar-refractivity contribution < 1.29 is 9.53 Å². The molecule has 0 aromatic carbocycles. The molecule has 0 saturated heterocycles. The lowest BCUT2D eigenvalue weighted by molar-refractivity contribution is -0.129. The topological polar surface area (TPSA) is 75.0 Å². The van der Waals surface area contributed by atoms with E-state index in [1.54, 1.807) is 19.4 Å². The molecule has 1 amide bonds. The molecule has 0 aliphatic heterocycles. The van der Waals surface area contributed by atoms with Crippen LogP contribution in [0.1, 0.15) is 45.1 Å². The van der Waals surface area contributed by atoms with Crippen molar-refractivity contribution in [2.45, 2.75) is 46.1 Å².